The van der Waals surface area contributed by atoms with Crippen LogP contribution in [0.2, 0.25) is 0 Å². The van der Waals surface area contributed by atoms with Crippen molar-refractivity contribution in [1.29, 1.82) is 0 Å². The van der Waals surface area contributed by atoms with Gasteiger partial charge in [-0.05, 0) is 26.2 Å². The van der Waals surface area contributed by atoms with Gasteiger partial charge in [0.15, 0.2) is 0 Å². The van der Waals surface area contributed by atoms with Gasteiger partial charge in [0.05, 0.1) is 0 Å². The molecule has 0 unspecified atom stereocenters. The summed E-state index contributed by atoms with van der Waals surface area (Å²) in [7, 11) is 0. The Bertz CT molecular complexity index is 226. The first-order valence-corrected chi connectivity index (χ1v) is 5.16. The molecule has 0 aromatic heterocycles. The molecule has 0 aliphatic heterocycles. The second-order valence-corrected chi connectivity index (χ2v) is 3.48. The zero-order valence-corrected chi connectivity index (χ0v) is 9.18. The number of hydrogen-bond acceptors (Lipinski definition) is 1. The van der Waals surface area contributed by atoms with Crippen LogP contribution >= 0.6 is 0 Å². The van der Waals surface area contributed by atoms with E-state index in [1.165, 1.54) is 0 Å². The molecule has 2 nitrogen and oxygen atoms in total. The van der Waals surface area contributed by atoms with Gasteiger partial charge < -0.3 is 5.11 Å². The van der Waals surface area contributed by atoms with Gasteiger partial charge >= 0.3 is 5.97 Å². The number of carboxylic acids is 1. The fraction of sp³-hybridized carbons (Fsp3) is 0.583. The Morgan fingerprint density at radius 3 is 2.50 bits per heavy atom. The number of rotatable bonds is 7. The summed E-state index contributed by atoms with van der Waals surface area (Å²) in [6, 6.07) is 0. The summed E-state index contributed by atoms with van der Waals surface area (Å²) in [6.07, 6.45) is 6.75. The Balaban J connectivity index is 4.34. The van der Waals surface area contributed by atoms with E-state index in [9.17, 15) is 4.79 Å². The largest absolute Gasteiger partial charge is 0.478 e. The number of hydrogen-bond donors (Lipinski definition) is 1. The monoisotopic (exact) mass is 196 g/mol. The summed E-state index contributed by atoms with van der Waals surface area (Å²) in [4.78, 5) is 10.8. The maximum absolute atomic E-state index is 10.8. The molecule has 0 bridgehead atoms. The molecular weight excluding hydrogens is 176 g/mol. The topological polar surface area (TPSA) is 37.3 Å². The molecule has 0 fully saturated rings. The van der Waals surface area contributed by atoms with Crippen LogP contribution < -0.4 is 0 Å². The summed E-state index contributed by atoms with van der Waals surface area (Å²) >= 11 is 0. The summed E-state index contributed by atoms with van der Waals surface area (Å²) in [5.41, 5.74) is 1.50. The van der Waals surface area contributed by atoms with Gasteiger partial charge in [0.1, 0.15) is 0 Å². The van der Waals surface area contributed by atoms with Crippen molar-refractivity contribution in [3.63, 3.8) is 0 Å². The molecule has 0 rings (SSSR count). The lowest BCUT2D eigenvalue weighted by Crippen LogP contribution is -2.01. The van der Waals surface area contributed by atoms with Crippen LogP contribution in [0.5, 0.6) is 0 Å². The number of carbonyl (C=O) groups is 1. The predicted octanol–water partition coefficient (Wildman–Crippen LogP) is 3.54. The molecule has 0 aromatic rings. The van der Waals surface area contributed by atoms with Crippen LogP contribution in [0, 0.1) is 0 Å². The van der Waals surface area contributed by atoms with E-state index in [1.54, 1.807) is 13.0 Å². The summed E-state index contributed by atoms with van der Waals surface area (Å²) in [5, 5.41) is 8.84. The Morgan fingerprint density at radius 2 is 2.07 bits per heavy atom. The van der Waals surface area contributed by atoms with Crippen molar-refractivity contribution in [3.05, 3.63) is 23.8 Å². The lowest BCUT2D eigenvalue weighted by molar-refractivity contribution is -0.132. The SMILES string of the molecule is C=CCC(CCCCC)=C(C)C(=O)O. The van der Waals surface area contributed by atoms with E-state index in [-0.39, 0.29) is 0 Å². The smallest absolute Gasteiger partial charge is 0.331 e. The summed E-state index contributed by atoms with van der Waals surface area (Å²) < 4.78 is 0. The normalized spacial score (nSPS) is 12.1. The molecule has 0 aliphatic rings. The minimum Gasteiger partial charge on any atom is -0.478 e. The lowest BCUT2D eigenvalue weighted by atomic mass is 9.99. The first-order valence-electron chi connectivity index (χ1n) is 5.16. The van der Waals surface area contributed by atoms with Crippen molar-refractivity contribution in [1.82, 2.24) is 0 Å². The van der Waals surface area contributed by atoms with E-state index in [0.29, 0.717) is 12.0 Å². The van der Waals surface area contributed by atoms with Gasteiger partial charge in [-0.2, -0.15) is 0 Å². The van der Waals surface area contributed by atoms with Crippen LogP contribution in [0.15, 0.2) is 23.8 Å². The van der Waals surface area contributed by atoms with Gasteiger partial charge in [-0.1, -0.05) is 31.4 Å². The van der Waals surface area contributed by atoms with Crippen molar-refractivity contribution in [3.8, 4) is 0 Å². The highest BCUT2D eigenvalue weighted by Crippen LogP contribution is 2.17. The average molecular weight is 196 g/mol. The Morgan fingerprint density at radius 1 is 1.43 bits per heavy atom. The molecule has 1 N–H and O–H groups in total. The summed E-state index contributed by atoms with van der Waals surface area (Å²) in [5.74, 6) is -0.807. The molecule has 80 valence electrons. The highest BCUT2D eigenvalue weighted by molar-refractivity contribution is 5.86. The van der Waals surface area contributed by atoms with Crippen molar-refractivity contribution in [2.75, 3.05) is 0 Å². The molecule has 0 radical (unpaired) electrons. The molecule has 0 aromatic carbocycles. The molecule has 14 heavy (non-hydrogen) atoms. The number of aliphatic carboxylic acids is 1. The maximum atomic E-state index is 10.8. The zero-order valence-electron chi connectivity index (χ0n) is 9.18. The number of carboxylic acid groups (broad SMARTS) is 1. The van der Waals surface area contributed by atoms with E-state index in [1.807, 2.05) is 0 Å². The third kappa shape index (κ3) is 4.85. The van der Waals surface area contributed by atoms with Crippen molar-refractivity contribution >= 4 is 5.97 Å². The third-order valence-corrected chi connectivity index (χ3v) is 2.32. The van der Waals surface area contributed by atoms with Crippen molar-refractivity contribution in [2.45, 2.75) is 46.0 Å². The Kier molecular flexibility index (Phi) is 6.81. The molecule has 0 atom stereocenters. The van der Waals surface area contributed by atoms with Gasteiger partial charge in [-0.25, -0.2) is 4.79 Å². The second-order valence-electron chi connectivity index (χ2n) is 3.48. The van der Waals surface area contributed by atoms with E-state index in [2.05, 4.69) is 13.5 Å². The first-order chi connectivity index (χ1) is 6.63. The highest BCUT2D eigenvalue weighted by atomic mass is 16.4. The van der Waals surface area contributed by atoms with Crippen molar-refractivity contribution < 1.29 is 9.90 Å². The van der Waals surface area contributed by atoms with Crippen LogP contribution in [0.25, 0.3) is 0 Å². The van der Waals surface area contributed by atoms with E-state index < -0.39 is 5.97 Å². The standard InChI is InChI=1S/C12H20O2/c1-4-6-7-9-11(8-5-2)10(3)12(13)14/h5H,2,4,6-9H2,1,3H3,(H,13,14). The van der Waals surface area contributed by atoms with Crippen LogP contribution in [-0.4, -0.2) is 11.1 Å². The lowest BCUT2D eigenvalue weighted by Gasteiger charge is -2.07. The number of unbranched alkanes of at least 4 members (excludes halogenated alkanes) is 2. The highest BCUT2D eigenvalue weighted by Gasteiger charge is 2.07. The zero-order chi connectivity index (χ0) is 11.0. The quantitative estimate of drug-likeness (QED) is 0.384. The Hall–Kier alpha value is -1.05. The molecule has 0 aliphatic carbocycles. The minimum absolute atomic E-state index is 0.487. The second kappa shape index (κ2) is 7.36. The molecule has 0 amide bonds. The third-order valence-electron chi connectivity index (χ3n) is 2.32. The fourth-order valence-corrected chi connectivity index (χ4v) is 1.36. The van der Waals surface area contributed by atoms with Crippen LogP contribution in [0.4, 0.5) is 0 Å². The van der Waals surface area contributed by atoms with Gasteiger partial charge in [-0.15, -0.1) is 6.58 Å². The first kappa shape index (κ1) is 12.9. The summed E-state index contributed by atoms with van der Waals surface area (Å²) in [6.45, 7) is 7.46. The van der Waals surface area contributed by atoms with E-state index in [4.69, 9.17) is 5.11 Å². The molecule has 0 spiro atoms. The van der Waals surface area contributed by atoms with Gasteiger partial charge in [-0.3, -0.25) is 0 Å². The van der Waals surface area contributed by atoms with Crippen LogP contribution in [0.3, 0.4) is 0 Å². The molecular formula is C12H20O2. The Labute approximate surface area is 86.3 Å². The molecule has 0 heterocycles. The maximum Gasteiger partial charge on any atom is 0.331 e. The van der Waals surface area contributed by atoms with Crippen LogP contribution in [-0.2, 0) is 4.79 Å². The molecule has 2 heteroatoms. The van der Waals surface area contributed by atoms with E-state index >= 15 is 0 Å². The fourth-order valence-electron chi connectivity index (χ4n) is 1.36. The van der Waals surface area contributed by atoms with Gasteiger partial charge in [0.2, 0.25) is 0 Å². The van der Waals surface area contributed by atoms with Gasteiger partial charge in [0, 0.05) is 5.57 Å². The molecule has 0 saturated heterocycles. The van der Waals surface area contributed by atoms with Gasteiger partial charge in [0.25, 0.3) is 0 Å². The van der Waals surface area contributed by atoms with Crippen molar-refractivity contribution in [2.24, 2.45) is 0 Å². The molecule has 0 saturated carbocycles. The average Bonchev–Trinajstić information content (AvgIpc) is 2.15. The van der Waals surface area contributed by atoms with Crippen LogP contribution in [0.1, 0.15) is 46.0 Å². The van der Waals surface area contributed by atoms with E-state index in [0.717, 1.165) is 31.3 Å². The number of allylic oxidation sites excluding steroid dienone is 2. The minimum atomic E-state index is -0.807. The predicted molar refractivity (Wildman–Crippen MR) is 59.3 cm³/mol.